The van der Waals surface area contributed by atoms with Gasteiger partial charge in [0, 0.05) is 37.9 Å². The highest BCUT2D eigenvalue weighted by molar-refractivity contribution is 5.97. The van der Waals surface area contributed by atoms with E-state index >= 15 is 0 Å². The van der Waals surface area contributed by atoms with Gasteiger partial charge in [0.25, 0.3) is 5.91 Å². The number of aromatic nitrogens is 3. The summed E-state index contributed by atoms with van der Waals surface area (Å²) in [7, 11) is 0. The van der Waals surface area contributed by atoms with Crippen molar-refractivity contribution in [1.29, 1.82) is 0 Å². The fraction of sp³-hybridized carbons (Fsp3) is 0.533. The van der Waals surface area contributed by atoms with Gasteiger partial charge in [0.05, 0.1) is 12.7 Å². The summed E-state index contributed by atoms with van der Waals surface area (Å²) in [5, 5.41) is 0. The Hall–Kier alpha value is -1.95. The van der Waals surface area contributed by atoms with E-state index in [1.807, 2.05) is 15.5 Å². The maximum Gasteiger partial charge on any atom is 0.276 e. The van der Waals surface area contributed by atoms with Crippen molar-refractivity contribution in [2.45, 2.75) is 26.9 Å². The largest absolute Gasteiger partial charge is 0.374 e. The monoisotopic (exact) mass is 288 g/mol. The van der Waals surface area contributed by atoms with Crippen LogP contribution in [0, 0.1) is 5.41 Å². The van der Waals surface area contributed by atoms with Gasteiger partial charge in [0.15, 0.2) is 11.3 Å². The normalized spacial score (nSPS) is 20.0. The number of hydrogen-bond donors (Lipinski definition) is 0. The molecule has 2 aromatic heterocycles. The van der Waals surface area contributed by atoms with Crippen LogP contribution in [0.15, 0.2) is 24.8 Å². The molecule has 21 heavy (non-hydrogen) atoms. The summed E-state index contributed by atoms with van der Waals surface area (Å²) in [5.74, 6) is -0.0793. The minimum atomic E-state index is -0.0793. The quantitative estimate of drug-likeness (QED) is 0.800. The van der Waals surface area contributed by atoms with Gasteiger partial charge in [0.2, 0.25) is 0 Å². The number of hydrogen-bond acceptors (Lipinski definition) is 4. The summed E-state index contributed by atoms with van der Waals surface area (Å²) >= 11 is 0. The molecule has 1 aliphatic rings. The van der Waals surface area contributed by atoms with Crippen LogP contribution in [0.3, 0.4) is 0 Å². The maximum atomic E-state index is 12.7. The molecule has 1 amide bonds. The highest BCUT2D eigenvalue weighted by Gasteiger charge is 2.33. The fourth-order valence-electron chi connectivity index (χ4n) is 2.51. The van der Waals surface area contributed by atoms with Crippen LogP contribution in [0.2, 0.25) is 0 Å². The Morgan fingerprint density at radius 3 is 2.71 bits per heavy atom. The zero-order valence-corrected chi connectivity index (χ0v) is 12.6. The molecule has 6 heteroatoms. The lowest BCUT2D eigenvalue weighted by atomic mass is 9.88. The number of morpholine rings is 1. The molecule has 112 valence electrons. The van der Waals surface area contributed by atoms with Gasteiger partial charge in [-0.05, 0) is 5.41 Å². The Labute approximate surface area is 123 Å². The van der Waals surface area contributed by atoms with Crippen molar-refractivity contribution in [3.05, 3.63) is 30.5 Å². The van der Waals surface area contributed by atoms with E-state index < -0.39 is 0 Å². The molecule has 0 bridgehead atoms. The summed E-state index contributed by atoms with van der Waals surface area (Å²) in [4.78, 5) is 23.0. The molecule has 6 nitrogen and oxygen atoms in total. The zero-order chi connectivity index (χ0) is 15.0. The van der Waals surface area contributed by atoms with Crippen molar-refractivity contribution in [2.75, 3.05) is 19.7 Å². The van der Waals surface area contributed by atoms with Crippen LogP contribution in [0.1, 0.15) is 31.3 Å². The number of ether oxygens (including phenoxy) is 1. The maximum absolute atomic E-state index is 12.7. The smallest absolute Gasteiger partial charge is 0.276 e. The second kappa shape index (κ2) is 5.11. The Morgan fingerprint density at radius 1 is 1.29 bits per heavy atom. The molecular formula is C15H20N4O2. The molecule has 1 saturated heterocycles. The SMILES string of the molecule is CC(C)(C)C1CN(C(=O)c2nccn3ccnc23)CCO1. The summed E-state index contributed by atoms with van der Waals surface area (Å²) in [5.41, 5.74) is 1.00. The van der Waals surface area contributed by atoms with Gasteiger partial charge in [0.1, 0.15) is 0 Å². The van der Waals surface area contributed by atoms with E-state index in [9.17, 15) is 4.79 Å². The number of carbonyl (C=O) groups excluding carboxylic acids is 1. The van der Waals surface area contributed by atoms with E-state index in [4.69, 9.17) is 4.74 Å². The summed E-state index contributed by atoms with van der Waals surface area (Å²) in [6.45, 7) is 8.11. The minimum Gasteiger partial charge on any atom is -0.374 e. The average Bonchev–Trinajstić information content (AvgIpc) is 2.94. The van der Waals surface area contributed by atoms with Crippen LogP contribution < -0.4 is 0 Å². The van der Waals surface area contributed by atoms with Crippen molar-refractivity contribution in [3.63, 3.8) is 0 Å². The molecule has 2 aromatic rings. The first-order valence-electron chi connectivity index (χ1n) is 7.15. The highest BCUT2D eigenvalue weighted by atomic mass is 16.5. The molecule has 3 rings (SSSR count). The molecule has 1 fully saturated rings. The number of carbonyl (C=O) groups is 1. The third-order valence-electron chi connectivity index (χ3n) is 3.83. The van der Waals surface area contributed by atoms with Crippen molar-refractivity contribution in [1.82, 2.24) is 19.3 Å². The van der Waals surface area contributed by atoms with Crippen molar-refractivity contribution < 1.29 is 9.53 Å². The highest BCUT2D eigenvalue weighted by Crippen LogP contribution is 2.26. The van der Waals surface area contributed by atoms with Crippen molar-refractivity contribution in [3.8, 4) is 0 Å². The van der Waals surface area contributed by atoms with E-state index in [1.54, 1.807) is 18.6 Å². The third kappa shape index (κ3) is 2.63. The van der Waals surface area contributed by atoms with Crippen LogP contribution in [-0.4, -0.2) is 51.0 Å². The first-order chi connectivity index (χ1) is 9.97. The molecule has 3 heterocycles. The van der Waals surface area contributed by atoms with Gasteiger partial charge in [-0.2, -0.15) is 0 Å². The summed E-state index contributed by atoms with van der Waals surface area (Å²) in [6.07, 6.45) is 6.94. The van der Waals surface area contributed by atoms with E-state index in [1.165, 1.54) is 0 Å². The van der Waals surface area contributed by atoms with Gasteiger partial charge in [-0.3, -0.25) is 4.79 Å². The van der Waals surface area contributed by atoms with Crippen molar-refractivity contribution in [2.24, 2.45) is 5.41 Å². The molecular weight excluding hydrogens is 268 g/mol. The Kier molecular flexibility index (Phi) is 3.41. The molecule has 0 saturated carbocycles. The molecule has 0 spiro atoms. The van der Waals surface area contributed by atoms with Gasteiger partial charge < -0.3 is 14.0 Å². The predicted octanol–water partition coefficient (Wildman–Crippen LogP) is 1.62. The van der Waals surface area contributed by atoms with E-state index in [0.29, 0.717) is 31.0 Å². The number of nitrogens with zero attached hydrogens (tertiary/aromatic N) is 4. The van der Waals surface area contributed by atoms with Crippen LogP contribution in [0.5, 0.6) is 0 Å². The lowest BCUT2D eigenvalue weighted by Crippen LogP contribution is -2.50. The molecule has 1 atom stereocenters. The lowest BCUT2D eigenvalue weighted by Gasteiger charge is -2.39. The van der Waals surface area contributed by atoms with E-state index in [-0.39, 0.29) is 17.4 Å². The second-order valence-corrected chi connectivity index (χ2v) is 6.41. The summed E-state index contributed by atoms with van der Waals surface area (Å²) in [6, 6.07) is 0. The van der Waals surface area contributed by atoms with Crippen LogP contribution >= 0.6 is 0 Å². The van der Waals surface area contributed by atoms with E-state index in [0.717, 1.165) is 0 Å². The summed E-state index contributed by atoms with van der Waals surface area (Å²) < 4.78 is 7.60. The Balaban J connectivity index is 1.86. The number of amides is 1. The zero-order valence-electron chi connectivity index (χ0n) is 12.6. The lowest BCUT2D eigenvalue weighted by molar-refractivity contribution is -0.0707. The molecule has 0 radical (unpaired) electrons. The third-order valence-corrected chi connectivity index (χ3v) is 3.83. The van der Waals surface area contributed by atoms with Crippen LogP contribution in [0.25, 0.3) is 5.65 Å². The first kappa shape index (κ1) is 14.0. The topological polar surface area (TPSA) is 59.7 Å². The molecule has 1 aliphatic heterocycles. The second-order valence-electron chi connectivity index (χ2n) is 6.41. The minimum absolute atomic E-state index is 0.00565. The van der Waals surface area contributed by atoms with Crippen LogP contribution in [0.4, 0.5) is 0 Å². The van der Waals surface area contributed by atoms with Gasteiger partial charge in [-0.1, -0.05) is 20.8 Å². The fourth-order valence-corrected chi connectivity index (χ4v) is 2.51. The number of fused-ring (bicyclic) bond motifs is 1. The average molecular weight is 288 g/mol. The molecule has 0 aliphatic carbocycles. The van der Waals surface area contributed by atoms with Crippen LogP contribution in [-0.2, 0) is 4.74 Å². The molecule has 0 N–H and O–H groups in total. The Bertz CT molecular complexity index is 659. The Morgan fingerprint density at radius 2 is 2.00 bits per heavy atom. The predicted molar refractivity (Wildman–Crippen MR) is 78.1 cm³/mol. The number of imidazole rings is 1. The van der Waals surface area contributed by atoms with Gasteiger partial charge in [-0.15, -0.1) is 0 Å². The van der Waals surface area contributed by atoms with Crippen molar-refractivity contribution >= 4 is 11.6 Å². The number of rotatable bonds is 1. The van der Waals surface area contributed by atoms with Gasteiger partial charge in [-0.25, -0.2) is 9.97 Å². The first-order valence-corrected chi connectivity index (χ1v) is 7.15. The van der Waals surface area contributed by atoms with Gasteiger partial charge >= 0.3 is 0 Å². The standard InChI is InChI=1S/C15H20N4O2/c1-15(2,3)11-10-19(8-9-21-11)14(20)12-13-17-5-7-18(13)6-4-16-12/h4-7,11H,8-10H2,1-3H3. The molecule has 0 aromatic carbocycles. The molecule has 1 unspecified atom stereocenters. The van der Waals surface area contributed by atoms with E-state index in [2.05, 4.69) is 30.7 Å².